The maximum Gasteiger partial charge on any atom is 0.229 e. The maximum atomic E-state index is 13.6. The number of nitrogens with two attached hydrogens (primary N) is 2. The van der Waals surface area contributed by atoms with Gasteiger partial charge in [0, 0.05) is 36.3 Å². The third kappa shape index (κ3) is 6.92. The number of carbonyl (C=O) groups excluding carboxylic acids is 1. The Balaban J connectivity index is 0.000000417. The van der Waals surface area contributed by atoms with E-state index in [4.69, 9.17) is 11.5 Å². The van der Waals surface area contributed by atoms with Crippen LogP contribution in [0.3, 0.4) is 0 Å². The van der Waals surface area contributed by atoms with Gasteiger partial charge in [-0.1, -0.05) is 32.3 Å². The molecule has 200 valence electrons. The number of halogens is 1. The molecule has 0 saturated heterocycles. The normalized spacial score (nSPS) is 13.7. The van der Waals surface area contributed by atoms with Gasteiger partial charge in [-0.2, -0.15) is 5.10 Å². The Morgan fingerprint density at radius 3 is 2.55 bits per heavy atom. The van der Waals surface area contributed by atoms with E-state index in [1.807, 2.05) is 25.2 Å². The SMILES string of the molecule is CCc1cc(-c2cc(NC(=O)Cc3cc(C)cc(F)c3)nn2C)cc2cnc(N)nc12.NC1CCCCC1. The summed E-state index contributed by atoms with van der Waals surface area (Å²) in [6, 6.07) is 11.0. The van der Waals surface area contributed by atoms with Crippen LogP contribution in [0.15, 0.2) is 42.6 Å². The Morgan fingerprint density at radius 2 is 1.89 bits per heavy atom. The zero-order valence-electron chi connectivity index (χ0n) is 22.3. The van der Waals surface area contributed by atoms with E-state index in [1.165, 1.54) is 44.2 Å². The van der Waals surface area contributed by atoms with Crippen molar-refractivity contribution in [1.82, 2.24) is 19.7 Å². The highest BCUT2D eigenvalue weighted by atomic mass is 19.1. The monoisotopic (exact) mass is 517 g/mol. The summed E-state index contributed by atoms with van der Waals surface area (Å²) in [7, 11) is 1.82. The molecular formula is C29H36FN7O. The van der Waals surface area contributed by atoms with E-state index in [-0.39, 0.29) is 24.1 Å². The van der Waals surface area contributed by atoms with Gasteiger partial charge in [0.1, 0.15) is 5.82 Å². The largest absolute Gasteiger partial charge is 0.368 e. The molecule has 1 fully saturated rings. The highest BCUT2D eigenvalue weighted by molar-refractivity contribution is 5.92. The smallest absolute Gasteiger partial charge is 0.229 e. The van der Waals surface area contributed by atoms with E-state index in [2.05, 4.69) is 27.3 Å². The minimum Gasteiger partial charge on any atom is -0.368 e. The molecule has 38 heavy (non-hydrogen) atoms. The van der Waals surface area contributed by atoms with Crippen molar-refractivity contribution in [2.75, 3.05) is 11.1 Å². The molecule has 0 spiro atoms. The van der Waals surface area contributed by atoms with Gasteiger partial charge in [-0.25, -0.2) is 14.4 Å². The van der Waals surface area contributed by atoms with Crippen LogP contribution in [0, 0.1) is 12.7 Å². The number of aromatic nitrogens is 4. The highest BCUT2D eigenvalue weighted by Crippen LogP contribution is 2.28. The summed E-state index contributed by atoms with van der Waals surface area (Å²) < 4.78 is 15.3. The third-order valence-corrected chi connectivity index (χ3v) is 6.72. The summed E-state index contributed by atoms with van der Waals surface area (Å²) in [5.74, 6) is 0.0688. The van der Waals surface area contributed by atoms with Crippen LogP contribution in [0.25, 0.3) is 22.2 Å². The van der Waals surface area contributed by atoms with Crippen LogP contribution in [0.1, 0.15) is 55.7 Å². The van der Waals surface area contributed by atoms with Crippen LogP contribution in [-0.4, -0.2) is 31.7 Å². The number of amides is 1. The minimum atomic E-state index is -0.350. The summed E-state index contributed by atoms with van der Waals surface area (Å²) >= 11 is 0. The predicted molar refractivity (Wildman–Crippen MR) is 150 cm³/mol. The van der Waals surface area contributed by atoms with E-state index < -0.39 is 0 Å². The quantitative estimate of drug-likeness (QED) is 0.339. The molecule has 2 heterocycles. The molecule has 1 aliphatic rings. The van der Waals surface area contributed by atoms with Crippen molar-refractivity contribution in [3.05, 3.63) is 65.1 Å². The van der Waals surface area contributed by atoms with E-state index in [1.54, 1.807) is 23.9 Å². The van der Waals surface area contributed by atoms with Gasteiger partial charge in [-0.05, 0) is 67.1 Å². The molecule has 9 heteroatoms. The number of carbonyl (C=O) groups is 1. The zero-order chi connectivity index (χ0) is 27.2. The predicted octanol–water partition coefficient (Wildman–Crippen LogP) is 5.08. The van der Waals surface area contributed by atoms with Gasteiger partial charge >= 0.3 is 0 Å². The first kappa shape index (κ1) is 27.2. The Hall–Kier alpha value is -3.85. The lowest BCUT2D eigenvalue weighted by Crippen LogP contribution is -2.22. The Kier molecular flexibility index (Phi) is 8.68. The van der Waals surface area contributed by atoms with Crippen molar-refractivity contribution in [2.45, 2.75) is 64.8 Å². The summed E-state index contributed by atoms with van der Waals surface area (Å²) in [4.78, 5) is 20.9. The number of aryl methyl sites for hydroxylation is 3. The van der Waals surface area contributed by atoms with Gasteiger partial charge in [-0.3, -0.25) is 9.48 Å². The number of nitrogens with zero attached hydrogens (tertiary/aromatic N) is 4. The van der Waals surface area contributed by atoms with Gasteiger partial charge in [-0.15, -0.1) is 0 Å². The molecule has 1 aliphatic carbocycles. The molecule has 2 aromatic carbocycles. The first-order valence-electron chi connectivity index (χ1n) is 13.1. The van der Waals surface area contributed by atoms with Crippen molar-refractivity contribution < 1.29 is 9.18 Å². The summed E-state index contributed by atoms with van der Waals surface area (Å²) in [6.45, 7) is 3.85. The number of fused-ring (bicyclic) bond motifs is 1. The van der Waals surface area contributed by atoms with E-state index in [9.17, 15) is 9.18 Å². The van der Waals surface area contributed by atoms with Crippen LogP contribution < -0.4 is 16.8 Å². The minimum absolute atomic E-state index is 0.0687. The molecule has 1 saturated carbocycles. The van der Waals surface area contributed by atoms with Crippen molar-refractivity contribution in [1.29, 1.82) is 0 Å². The van der Waals surface area contributed by atoms with Crippen LogP contribution in [-0.2, 0) is 24.7 Å². The van der Waals surface area contributed by atoms with Crippen LogP contribution in [0.4, 0.5) is 16.2 Å². The van der Waals surface area contributed by atoms with E-state index >= 15 is 0 Å². The third-order valence-electron chi connectivity index (χ3n) is 6.72. The second-order valence-corrected chi connectivity index (χ2v) is 9.95. The first-order chi connectivity index (χ1) is 18.2. The lowest BCUT2D eigenvalue weighted by atomic mass is 9.97. The second-order valence-electron chi connectivity index (χ2n) is 9.95. The van der Waals surface area contributed by atoms with Gasteiger partial charge in [0.05, 0.1) is 17.6 Å². The standard InChI is InChI=1S/C23H23FN6O.C6H13N/c1-4-15-9-16(10-17-12-26-23(25)28-22(15)17)19-11-20(29-30(19)3)27-21(31)8-14-5-13(2)6-18(24)7-14;7-6-4-2-1-3-5-6/h5-7,9-12H,4,8H2,1-3H3,(H2,25,26,28)(H,27,29,31);6H,1-5,7H2. The fraction of sp³-hybridized carbons (Fsp3) is 0.379. The Morgan fingerprint density at radius 1 is 1.13 bits per heavy atom. The van der Waals surface area contributed by atoms with Gasteiger partial charge in [0.25, 0.3) is 0 Å². The van der Waals surface area contributed by atoms with Crippen LogP contribution in [0.2, 0.25) is 0 Å². The fourth-order valence-corrected chi connectivity index (χ4v) is 4.87. The molecule has 5 rings (SSSR count). The number of nitrogens with one attached hydrogen (secondary N) is 1. The Labute approximate surface area is 222 Å². The average Bonchev–Trinajstić information content (AvgIpc) is 3.23. The molecule has 1 amide bonds. The molecular weight excluding hydrogens is 481 g/mol. The number of hydrogen-bond donors (Lipinski definition) is 3. The van der Waals surface area contributed by atoms with Crippen molar-refractivity contribution in [2.24, 2.45) is 12.8 Å². The number of hydrogen-bond acceptors (Lipinski definition) is 6. The molecule has 2 aromatic heterocycles. The summed E-state index contributed by atoms with van der Waals surface area (Å²) in [5, 5.41) is 8.10. The Bertz CT molecular complexity index is 1410. The van der Waals surface area contributed by atoms with Crippen molar-refractivity contribution in [3.8, 4) is 11.3 Å². The van der Waals surface area contributed by atoms with E-state index in [0.29, 0.717) is 17.4 Å². The highest BCUT2D eigenvalue weighted by Gasteiger charge is 2.14. The molecule has 0 unspecified atom stereocenters. The number of rotatable bonds is 5. The first-order valence-corrected chi connectivity index (χ1v) is 13.1. The second kappa shape index (κ2) is 12.1. The molecule has 0 radical (unpaired) electrons. The van der Waals surface area contributed by atoms with Gasteiger partial charge in [0.2, 0.25) is 11.9 Å². The van der Waals surface area contributed by atoms with Crippen molar-refractivity contribution >= 4 is 28.6 Å². The lowest BCUT2D eigenvalue weighted by Gasteiger charge is -2.15. The van der Waals surface area contributed by atoms with Crippen LogP contribution >= 0.6 is 0 Å². The molecule has 8 nitrogen and oxygen atoms in total. The molecule has 0 atom stereocenters. The fourth-order valence-electron chi connectivity index (χ4n) is 4.87. The number of nitrogen functional groups attached to an aromatic ring is 1. The lowest BCUT2D eigenvalue weighted by molar-refractivity contribution is -0.115. The van der Waals surface area contributed by atoms with Crippen LogP contribution in [0.5, 0.6) is 0 Å². The summed E-state index contributed by atoms with van der Waals surface area (Å²) in [5.41, 5.74) is 16.4. The van der Waals surface area contributed by atoms with E-state index in [0.717, 1.165) is 39.7 Å². The average molecular weight is 518 g/mol. The number of benzene rings is 2. The van der Waals surface area contributed by atoms with Crippen molar-refractivity contribution in [3.63, 3.8) is 0 Å². The maximum absolute atomic E-state index is 13.6. The summed E-state index contributed by atoms with van der Waals surface area (Å²) in [6.07, 6.45) is 9.23. The molecule has 5 N–H and O–H groups in total. The topological polar surface area (TPSA) is 125 Å². The molecule has 4 aromatic rings. The zero-order valence-corrected chi connectivity index (χ0v) is 22.3. The number of anilines is 2. The van der Waals surface area contributed by atoms with Gasteiger partial charge in [0.15, 0.2) is 5.82 Å². The van der Waals surface area contributed by atoms with Gasteiger partial charge < -0.3 is 16.8 Å². The molecule has 0 bridgehead atoms. The molecule has 0 aliphatic heterocycles.